The molecule has 0 aromatic heterocycles. The van der Waals surface area contributed by atoms with Crippen LogP contribution in [0.2, 0.25) is 18.6 Å². The van der Waals surface area contributed by atoms with Crippen LogP contribution in [0.25, 0.3) is 0 Å². The Labute approximate surface area is 275 Å². The fourth-order valence-corrected chi connectivity index (χ4v) is 10.8. The molecule has 246 valence electrons. The highest BCUT2D eigenvalue weighted by atomic mass is 28.4. The number of aliphatic hydroxyl groups is 1. The van der Waals surface area contributed by atoms with Crippen LogP contribution in [0.15, 0.2) is 72.8 Å². The molecule has 9 nitrogen and oxygen atoms in total. The minimum absolute atomic E-state index is 0.0841. The van der Waals surface area contributed by atoms with E-state index in [1.807, 2.05) is 79.7 Å². The largest absolute Gasteiger partial charge is 0.447 e. The van der Waals surface area contributed by atoms with Gasteiger partial charge < -0.3 is 28.5 Å². The molecule has 2 saturated heterocycles. The number of hydrogen-bond donors (Lipinski definition) is 1. The molecule has 11 heteroatoms. The van der Waals surface area contributed by atoms with Crippen molar-refractivity contribution in [1.29, 1.82) is 0 Å². The van der Waals surface area contributed by atoms with Crippen molar-refractivity contribution in [2.24, 2.45) is 5.92 Å². The number of ether oxygens (including phenoxy) is 2. The van der Waals surface area contributed by atoms with Crippen molar-refractivity contribution < 1.29 is 33.1 Å². The second kappa shape index (κ2) is 11.9. The summed E-state index contributed by atoms with van der Waals surface area (Å²) in [5, 5.41) is 10.2. The molecular weight excluding hydrogens is 617 g/mol. The van der Waals surface area contributed by atoms with Crippen LogP contribution < -0.4 is 9.80 Å². The maximum Gasteiger partial charge on any atom is 0.414 e. The van der Waals surface area contributed by atoms with Gasteiger partial charge in [-0.15, -0.1) is 0 Å². The molecule has 2 fully saturated rings. The number of rotatable bonds is 7. The smallest absolute Gasteiger partial charge is 0.414 e. The number of cyclic esters (lactones) is 1. The Balaban J connectivity index is 1.20. The van der Waals surface area contributed by atoms with Gasteiger partial charge in [0.25, 0.3) is 5.91 Å². The highest BCUT2D eigenvalue weighted by Crippen LogP contribution is 2.60. The predicted octanol–water partition coefficient (Wildman–Crippen LogP) is 5.30. The van der Waals surface area contributed by atoms with Gasteiger partial charge in [-0.3, -0.25) is 14.5 Å². The van der Waals surface area contributed by atoms with E-state index in [0.717, 1.165) is 16.7 Å². The molecule has 1 N–H and O–H groups in total. The van der Waals surface area contributed by atoms with Crippen LogP contribution in [-0.2, 0) is 44.2 Å². The monoisotopic (exact) mass is 657 g/mol. The molecule has 0 aliphatic carbocycles. The molecule has 47 heavy (non-hydrogen) atoms. The zero-order chi connectivity index (χ0) is 33.1. The third-order valence-electron chi connectivity index (χ3n) is 10.5. The lowest BCUT2D eigenvalue weighted by atomic mass is 9.82. The van der Waals surface area contributed by atoms with Crippen LogP contribution in [0.3, 0.4) is 0 Å². The summed E-state index contributed by atoms with van der Waals surface area (Å²) in [6.07, 6.45) is -0.764. The molecule has 1 spiro atoms. The topological polar surface area (TPSA) is 99.6 Å². The molecule has 3 aromatic rings. The summed E-state index contributed by atoms with van der Waals surface area (Å²) in [5.74, 6) is -1.04. The van der Waals surface area contributed by atoms with E-state index in [9.17, 15) is 19.5 Å². The summed E-state index contributed by atoms with van der Waals surface area (Å²) in [6, 6.07) is 22.4. The number of aliphatic hydroxyl groups excluding tert-OH is 1. The lowest BCUT2D eigenvalue weighted by Gasteiger charge is -2.37. The lowest BCUT2D eigenvalue weighted by Crippen LogP contribution is -2.48. The number of fused-ring (bicyclic) bond motifs is 3. The molecule has 0 saturated carbocycles. The van der Waals surface area contributed by atoms with Crippen molar-refractivity contribution in [2.45, 2.75) is 69.2 Å². The number of hydrogen-bond acceptors (Lipinski definition) is 6. The first-order chi connectivity index (χ1) is 22.5. The molecular formula is C36H40FN3O6Si. The van der Waals surface area contributed by atoms with Crippen LogP contribution in [0.5, 0.6) is 0 Å². The highest BCUT2D eigenvalue weighted by molar-refractivity contribution is 6.72. The normalized spacial score (nSPS) is 27.0. The molecule has 0 unspecified atom stereocenters. The maximum atomic E-state index is 16.4. The van der Waals surface area contributed by atoms with Crippen molar-refractivity contribution in [3.05, 3.63) is 95.1 Å². The number of anilines is 2. The summed E-state index contributed by atoms with van der Waals surface area (Å²) in [4.78, 5) is 45.9. The van der Waals surface area contributed by atoms with E-state index < -0.39 is 37.7 Å². The van der Waals surface area contributed by atoms with Gasteiger partial charge in [-0.05, 0) is 54.4 Å². The molecule has 3 amide bonds. The average molecular weight is 658 g/mol. The highest BCUT2D eigenvalue weighted by Gasteiger charge is 2.67. The Morgan fingerprint density at radius 1 is 1.04 bits per heavy atom. The van der Waals surface area contributed by atoms with Gasteiger partial charge in [0.1, 0.15) is 6.61 Å². The SMILES string of the molecule is C[C@H]1[C@H]([Si](C)(C)F)[C@@H](CC(=O)N2Cc3ccccc3C[C@H]2CO)O[C@]12C(=O)N(Cc1cccc(N3CCOC3=O)c1)c1ccccc12. The van der Waals surface area contributed by atoms with Crippen molar-refractivity contribution in [2.75, 3.05) is 29.6 Å². The van der Waals surface area contributed by atoms with E-state index in [2.05, 4.69) is 0 Å². The summed E-state index contributed by atoms with van der Waals surface area (Å²) in [5.41, 5.74) is 2.92. The summed E-state index contributed by atoms with van der Waals surface area (Å²) >= 11 is 0. The molecule has 5 atom stereocenters. The fourth-order valence-electron chi connectivity index (χ4n) is 8.32. The number of amides is 3. The molecule has 0 bridgehead atoms. The van der Waals surface area contributed by atoms with E-state index in [0.29, 0.717) is 43.1 Å². The number of para-hydroxylation sites is 1. The zero-order valence-electron chi connectivity index (χ0n) is 26.9. The van der Waals surface area contributed by atoms with Gasteiger partial charge >= 0.3 is 6.09 Å². The summed E-state index contributed by atoms with van der Waals surface area (Å²) in [6.45, 7) is 6.31. The number of nitrogens with zero attached hydrogens (tertiary/aromatic N) is 3. The molecule has 7 rings (SSSR count). The Morgan fingerprint density at radius 3 is 2.51 bits per heavy atom. The van der Waals surface area contributed by atoms with Gasteiger partial charge in [0, 0.05) is 29.3 Å². The van der Waals surface area contributed by atoms with Crippen LogP contribution in [0.1, 0.15) is 35.6 Å². The van der Waals surface area contributed by atoms with Crippen LogP contribution in [-0.4, -0.2) is 68.2 Å². The third kappa shape index (κ3) is 5.24. The Bertz CT molecular complexity index is 1730. The predicted molar refractivity (Wildman–Crippen MR) is 177 cm³/mol. The van der Waals surface area contributed by atoms with Crippen LogP contribution in [0.4, 0.5) is 20.3 Å². The van der Waals surface area contributed by atoms with Gasteiger partial charge in [-0.25, -0.2) is 4.79 Å². The van der Waals surface area contributed by atoms with E-state index >= 15 is 4.11 Å². The summed E-state index contributed by atoms with van der Waals surface area (Å²) < 4.78 is 28.3. The quantitative estimate of drug-likeness (QED) is 0.274. The molecule has 3 aromatic carbocycles. The minimum atomic E-state index is -3.48. The number of carbonyl (C=O) groups excluding carboxylic acids is 3. The molecule has 0 radical (unpaired) electrons. The van der Waals surface area contributed by atoms with Crippen LogP contribution >= 0.6 is 0 Å². The van der Waals surface area contributed by atoms with Gasteiger partial charge in [0.05, 0.1) is 44.0 Å². The van der Waals surface area contributed by atoms with Crippen molar-refractivity contribution in [3.8, 4) is 0 Å². The molecule has 4 aliphatic rings. The van der Waals surface area contributed by atoms with Crippen molar-refractivity contribution in [3.63, 3.8) is 0 Å². The molecule has 4 aliphatic heterocycles. The Kier molecular flexibility index (Phi) is 7.97. The van der Waals surface area contributed by atoms with Crippen molar-refractivity contribution in [1.82, 2.24) is 4.90 Å². The number of benzene rings is 3. The zero-order valence-corrected chi connectivity index (χ0v) is 27.9. The van der Waals surface area contributed by atoms with E-state index in [-0.39, 0.29) is 37.4 Å². The second-order valence-electron chi connectivity index (χ2n) is 13.7. The fraction of sp³-hybridized carbons (Fsp3) is 0.417. The van der Waals surface area contributed by atoms with Gasteiger partial charge in [-0.2, -0.15) is 0 Å². The summed E-state index contributed by atoms with van der Waals surface area (Å²) in [7, 11) is -3.48. The standard InChI is InChI=1S/C36H40FN3O6Si/c1-23-33(47(2,3)37)31(19-32(42)39-21-26-11-5-4-10-25(26)18-28(39)22-41)46-36(23)29-13-6-7-14-30(29)40(34(36)43)20-24-9-8-12-27(17-24)38-15-16-45-35(38)44/h4-14,17,23,28,31,33,41H,15-16,18-22H2,1-3H3/t23-,28-,31+,33-,36+/m0/s1. The first-order valence-electron chi connectivity index (χ1n) is 16.3. The Morgan fingerprint density at radius 2 is 1.79 bits per heavy atom. The second-order valence-corrected chi connectivity index (χ2v) is 17.4. The molecule has 4 heterocycles. The van der Waals surface area contributed by atoms with Gasteiger partial charge in [0.15, 0.2) is 5.60 Å². The van der Waals surface area contributed by atoms with Gasteiger partial charge in [0.2, 0.25) is 14.3 Å². The third-order valence-corrected chi connectivity index (χ3v) is 12.9. The van der Waals surface area contributed by atoms with Gasteiger partial charge in [-0.1, -0.05) is 61.5 Å². The first-order valence-corrected chi connectivity index (χ1v) is 19.3. The van der Waals surface area contributed by atoms with E-state index in [4.69, 9.17) is 9.47 Å². The Hall–Kier alpha value is -4.06. The van der Waals surface area contributed by atoms with E-state index in [1.54, 1.807) is 27.8 Å². The van der Waals surface area contributed by atoms with E-state index in [1.165, 1.54) is 0 Å². The van der Waals surface area contributed by atoms with Crippen LogP contribution in [0, 0.1) is 5.92 Å². The lowest BCUT2D eigenvalue weighted by molar-refractivity contribution is -0.151. The first kappa shape index (κ1) is 31.5. The average Bonchev–Trinajstić information content (AvgIpc) is 3.69. The maximum absolute atomic E-state index is 16.4. The number of halogens is 1. The minimum Gasteiger partial charge on any atom is -0.447 e. The number of carbonyl (C=O) groups is 3. The van der Waals surface area contributed by atoms with Crippen molar-refractivity contribution >= 4 is 37.7 Å².